The summed E-state index contributed by atoms with van der Waals surface area (Å²) in [6, 6.07) is 0.0827. The van der Waals surface area contributed by atoms with Gasteiger partial charge in [-0.15, -0.1) is 0 Å². The van der Waals surface area contributed by atoms with E-state index in [0.29, 0.717) is 0 Å². The number of amides is 2. The summed E-state index contributed by atoms with van der Waals surface area (Å²) in [6.07, 6.45) is 5.05. The summed E-state index contributed by atoms with van der Waals surface area (Å²) in [6.45, 7) is 3.27. The van der Waals surface area contributed by atoms with Crippen LogP contribution in [0.15, 0.2) is 0 Å². The lowest BCUT2D eigenvalue weighted by molar-refractivity contribution is -0.151. The second kappa shape index (κ2) is 4.95. The Kier molecular flexibility index (Phi) is 3.59. The van der Waals surface area contributed by atoms with Crippen LogP contribution in [0, 0.1) is 5.92 Å². The molecule has 2 rings (SSSR count). The van der Waals surface area contributed by atoms with Gasteiger partial charge >= 0.3 is 0 Å². The van der Waals surface area contributed by atoms with E-state index in [4.69, 9.17) is 0 Å². The van der Waals surface area contributed by atoms with Crippen LogP contribution in [0.25, 0.3) is 0 Å². The quantitative estimate of drug-likeness (QED) is 0.758. The highest BCUT2D eigenvalue weighted by molar-refractivity contribution is 5.96. The summed E-state index contributed by atoms with van der Waals surface area (Å²) in [5.41, 5.74) is 0. The lowest BCUT2D eigenvalue weighted by atomic mass is 9.84. The van der Waals surface area contributed by atoms with Gasteiger partial charge in [-0.25, -0.2) is 0 Å². The predicted octanol–water partition coefficient (Wildman–Crippen LogP) is 0.914. The van der Waals surface area contributed by atoms with Crippen LogP contribution in [0.4, 0.5) is 0 Å². The molecule has 1 saturated heterocycles. The van der Waals surface area contributed by atoms with Gasteiger partial charge < -0.3 is 5.32 Å². The number of nitrogens with zero attached hydrogens (tertiary/aromatic N) is 1. The van der Waals surface area contributed by atoms with E-state index in [1.165, 1.54) is 11.8 Å². The second-order valence-electron chi connectivity index (χ2n) is 4.86. The largest absolute Gasteiger partial charge is 0.315 e. The van der Waals surface area contributed by atoms with E-state index >= 15 is 0 Å². The number of carbonyl (C=O) groups is 2. The number of piperidine rings is 1. The van der Waals surface area contributed by atoms with Crippen LogP contribution in [0.1, 0.15) is 39.0 Å². The molecule has 2 fully saturated rings. The van der Waals surface area contributed by atoms with Gasteiger partial charge in [-0.3, -0.25) is 14.5 Å². The Labute approximate surface area is 96.4 Å². The van der Waals surface area contributed by atoms with Crippen molar-refractivity contribution in [2.24, 2.45) is 5.92 Å². The van der Waals surface area contributed by atoms with E-state index in [9.17, 15) is 9.59 Å². The summed E-state index contributed by atoms with van der Waals surface area (Å²) in [7, 11) is 0. The Morgan fingerprint density at radius 2 is 1.94 bits per heavy atom. The van der Waals surface area contributed by atoms with Crippen LogP contribution in [-0.4, -0.2) is 35.8 Å². The summed E-state index contributed by atoms with van der Waals surface area (Å²) in [5.74, 6) is 0.0869. The fourth-order valence-electron chi connectivity index (χ4n) is 2.50. The topological polar surface area (TPSA) is 49.4 Å². The van der Waals surface area contributed by atoms with E-state index in [1.54, 1.807) is 0 Å². The average Bonchev–Trinajstić information content (AvgIpc) is 2.16. The highest BCUT2D eigenvalue weighted by Gasteiger charge is 2.35. The molecule has 1 aliphatic carbocycles. The Morgan fingerprint density at radius 1 is 1.19 bits per heavy atom. The third-order valence-corrected chi connectivity index (χ3v) is 3.67. The molecule has 1 atom stereocenters. The molecular formula is C12H20N2O2. The maximum atomic E-state index is 12.1. The molecule has 1 unspecified atom stereocenters. The van der Waals surface area contributed by atoms with E-state index in [-0.39, 0.29) is 23.8 Å². The molecule has 0 aromatic carbocycles. The average molecular weight is 224 g/mol. The standard InChI is InChI=1S/C12H20N2O2/c1-9(15)14(11-6-3-7-13-8-11)12(16)10-4-2-5-10/h10-11,13H,2-8H2,1H3. The van der Waals surface area contributed by atoms with Crippen molar-refractivity contribution in [2.45, 2.75) is 45.1 Å². The maximum Gasteiger partial charge on any atom is 0.232 e. The van der Waals surface area contributed by atoms with Crippen molar-refractivity contribution in [3.8, 4) is 0 Å². The number of carbonyl (C=O) groups excluding carboxylic acids is 2. The van der Waals surface area contributed by atoms with E-state index in [0.717, 1.165) is 45.2 Å². The lowest BCUT2D eigenvalue weighted by Gasteiger charge is -2.36. The number of rotatable bonds is 2. The molecule has 1 aliphatic heterocycles. The molecule has 1 saturated carbocycles. The van der Waals surface area contributed by atoms with E-state index in [1.807, 2.05) is 0 Å². The molecule has 90 valence electrons. The lowest BCUT2D eigenvalue weighted by Crippen LogP contribution is -2.53. The first kappa shape index (κ1) is 11.6. The molecule has 4 nitrogen and oxygen atoms in total. The molecule has 2 amide bonds. The highest BCUT2D eigenvalue weighted by Crippen LogP contribution is 2.29. The zero-order valence-corrected chi connectivity index (χ0v) is 9.87. The number of hydrogen-bond donors (Lipinski definition) is 1. The first-order valence-corrected chi connectivity index (χ1v) is 6.24. The van der Waals surface area contributed by atoms with E-state index in [2.05, 4.69) is 5.32 Å². The maximum absolute atomic E-state index is 12.1. The molecule has 0 aromatic heterocycles. The van der Waals surface area contributed by atoms with Crippen LogP contribution in [0.3, 0.4) is 0 Å². The minimum Gasteiger partial charge on any atom is -0.315 e. The van der Waals surface area contributed by atoms with Gasteiger partial charge in [0.15, 0.2) is 0 Å². The van der Waals surface area contributed by atoms with Gasteiger partial charge in [-0.1, -0.05) is 6.42 Å². The molecule has 4 heteroatoms. The van der Waals surface area contributed by atoms with Gasteiger partial charge in [0.25, 0.3) is 0 Å². The molecule has 1 heterocycles. The Balaban J connectivity index is 2.02. The normalized spacial score (nSPS) is 25.9. The Hall–Kier alpha value is -0.900. The smallest absolute Gasteiger partial charge is 0.232 e. The van der Waals surface area contributed by atoms with E-state index < -0.39 is 0 Å². The molecule has 0 spiro atoms. The summed E-state index contributed by atoms with van der Waals surface area (Å²) < 4.78 is 0. The van der Waals surface area contributed by atoms with Gasteiger partial charge in [0.2, 0.25) is 11.8 Å². The number of imide groups is 1. The van der Waals surface area contributed by atoms with Crippen molar-refractivity contribution in [2.75, 3.05) is 13.1 Å². The predicted molar refractivity (Wildman–Crippen MR) is 60.8 cm³/mol. The first-order valence-electron chi connectivity index (χ1n) is 6.24. The SMILES string of the molecule is CC(=O)N(C(=O)C1CCC1)C1CCCNC1. The van der Waals surface area contributed by atoms with Crippen LogP contribution in [0.2, 0.25) is 0 Å². The van der Waals surface area contributed by atoms with Crippen LogP contribution in [-0.2, 0) is 9.59 Å². The van der Waals surface area contributed by atoms with Gasteiger partial charge in [0.1, 0.15) is 0 Å². The molecule has 1 N–H and O–H groups in total. The van der Waals surface area contributed by atoms with Crippen molar-refractivity contribution in [1.82, 2.24) is 10.2 Å². The van der Waals surface area contributed by atoms with Crippen molar-refractivity contribution < 1.29 is 9.59 Å². The minimum atomic E-state index is -0.0920. The van der Waals surface area contributed by atoms with Crippen molar-refractivity contribution in [3.05, 3.63) is 0 Å². The molecule has 0 radical (unpaired) electrons. The zero-order valence-electron chi connectivity index (χ0n) is 9.87. The Morgan fingerprint density at radius 3 is 2.38 bits per heavy atom. The third kappa shape index (κ3) is 2.26. The summed E-state index contributed by atoms with van der Waals surface area (Å²) in [5, 5.41) is 3.25. The summed E-state index contributed by atoms with van der Waals surface area (Å²) >= 11 is 0. The second-order valence-corrected chi connectivity index (χ2v) is 4.86. The fourth-order valence-corrected chi connectivity index (χ4v) is 2.50. The summed E-state index contributed by atoms with van der Waals surface area (Å²) in [4.78, 5) is 25.3. The molecular weight excluding hydrogens is 204 g/mol. The van der Waals surface area contributed by atoms with Crippen LogP contribution >= 0.6 is 0 Å². The zero-order chi connectivity index (χ0) is 11.5. The van der Waals surface area contributed by atoms with Crippen molar-refractivity contribution in [1.29, 1.82) is 0 Å². The Bertz CT molecular complexity index is 281. The molecule has 0 aromatic rings. The van der Waals surface area contributed by atoms with Gasteiger partial charge in [0, 0.05) is 19.4 Å². The monoisotopic (exact) mass is 224 g/mol. The van der Waals surface area contributed by atoms with Gasteiger partial charge in [-0.2, -0.15) is 0 Å². The van der Waals surface area contributed by atoms with Gasteiger partial charge in [0.05, 0.1) is 6.04 Å². The molecule has 16 heavy (non-hydrogen) atoms. The molecule has 2 aliphatic rings. The number of nitrogens with one attached hydrogen (secondary N) is 1. The minimum absolute atomic E-state index is 0.0625. The molecule has 0 bridgehead atoms. The van der Waals surface area contributed by atoms with Crippen molar-refractivity contribution in [3.63, 3.8) is 0 Å². The number of hydrogen-bond acceptors (Lipinski definition) is 3. The first-order chi connectivity index (χ1) is 7.70. The highest BCUT2D eigenvalue weighted by atomic mass is 16.2. The fraction of sp³-hybridized carbons (Fsp3) is 0.833. The van der Waals surface area contributed by atoms with Gasteiger partial charge in [-0.05, 0) is 32.2 Å². The van der Waals surface area contributed by atoms with Crippen LogP contribution < -0.4 is 5.32 Å². The van der Waals surface area contributed by atoms with Crippen LogP contribution in [0.5, 0.6) is 0 Å². The van der Waals surface area contributed by atoms with Crippen molar-refractivity contribution >= 4 is 11.8 Å². The third-order valence-electron chi connectivity index (χ3n) is 3.67.